The topological polar surface area (TPSA) is 99.1 Å². The number of benzene rings is 2. The molecule has 8 heteroatoms. The number of nitrogens with one attached hydrogen (secondary N) is 1. The second-order valence-corrected chi connectivity index (χ2v) is 7.16. The Labute approximate surface area is 144 Å². The summed E-state index contributed by atoms with van der Waals surface area (Å²) in [7, 11) is -3.83. The van der Waals surface area contributed by atoms with E-state index in [1.807, 2.05) is 12.1 Å². The third-order valence-corrected chi connectivity index (χ3v) is 4.44. The zero-order valence-electron chi connectivity index (χ0n) is 13.2. The molecule has 1 aliphatic heterocycles. The Kier molecular flexibility index (Phi) is 4.49. The molecule has 0 saturated carbocycles. The molecule has 7 nitrogen and oxygen atoms in total. The number of hydrogen-bond acceptors (Lipinski definition) is 5. The van der Waals surface area contributed by atoms with Crippen molar-refractivity contribution in [2.24, 2.45) is 0 Å². The zero-order chi connectivity index (χ0) is 18.1. The van der Waals surface area contributed by atoms with E-state index in [9.17, 15) is 19.4 Å². The third-order valence-electron chi connectivity index (χ3n) is 3.91. The predicted octanol–water partition coefficient (Wildman–Crippen LogP) is 1.64. The molecule has 0 unspecified atom stereocenters. The Bertz CT molecular complexity index is 795. The lowest BCUT2D eigenvalue weighted by molar-refractivity contribution is -0.132. The molecule has 0 aromatic heterocycles. The van der Waals surface area contributed by atoms with Crippen molar-refractivity contribution in [2.75, 3.05) is 6.73 Å². The Morgan fingerprint density at radius 2 is 1.48 bits per heavy atom. The highest BCUT2D eigenvalue weighted by atomic mass is 31.2. The summed E-state index contributed by atoms with van der Waals surface area (Å²) in [5.74, 6) is -0.566. The van der Waals surface area contributed by atoms with E-state index in [1.54, 1.807) is 48.5 Å². The average molecular weight is 360 g/mol. The van der Waals surface area contributed by atoms with Crippen molar-refractivity contribution < 1.29 is 23.9 Å². The zero-order valence-corrected chi connectivity index (χ0v) is 14.1. The molecule has 130 valence electrons. The minimum Gasteiger partial charge on any atom is -0.333 e. The number of amides is 3. The average Bonchev–Trinajstić information content (AvgIpc) is 2.85. The molecule has 2 aromatic rings. The summed E-state index contributed by atoms with van der Waals surface area (Å²) >= 11 is 0. The molecular formula is C17H17N2O5P. The Balaban J connectivity index is 2.06. The maximum absolute atomic E-state index is 13.1. The fourth-order valence-electron chi connectivity index (χ4n) is 2.78. The van der Waals surface area contributed by atoms with Gasteiger partial charge >= 0.3 is 6.03 Å². The number of hydrogen-bond donors (Lipinski definition) is 3. The van der Waals surface area contributed by atoms with Crippen LogP contribution in [0.2, 0.25) is 0 Å². The molecule has 25 heavy (non-hydrogen) atoms. The van der Waals surface area contributed by atoms with E-state index < -0.39 is 31.8 Å². The minimum atomic E-state index is -3.83. The highest BCUT2D eigenvalue weighted by Crippen LogP contribution is 2.39. The summed E-state index contributed by atoms with van der Waals surface area (Å²) in [6.07, 6.45) is 3.06. The maximum Gasteiger partial charge on any atom is 0.327 e. The van der Waals surface area contributed by atoms with E-state index >= 15 is 0 Å². The van der Waals surface area contributed by atoms with Gasteiger partial charge in [0, 0.05) is 0 Å². The number of carbonyl (C=O) groups is 2. The molecule has 3 amide bonds. The van der Waals surface area contributed by atoms with Gasteiger partial charge in [-0.1, -0.05) is 60.7 Å². The molecule has 0 spiro atoms. The molecule has 1 heterocycles. The fraction of sp³-hybridized carbons (Fsp3) is 0.118. The molecule has 1 saturated heterocycles. The molecule has 1 fully saturated rings. The highest BCUT2D eigenvalue weighted by molar-refractivity contribution is 7.57. The van der Waals surface area contributed by atoms with Crippen LogP contribution in [0.25, 0.3) is 0 Å². The Morgan fingerprint density at radius 1 is 1.00 bits per heavy atom. The van der Waals surface area contributed by atoms with Gasteiger partial charge in [-0.15, -0.1) is 0 Å². The van der Waals surface area contributed by atoms with Crippen LogP contribution in [0, 0.1) is 0 Å². The van der Waals surface area contributed by atoms with Crippen molar-refractivity contribution in [2.45, 2.75) is 5.54 Å². The Morgan fingerprint density at radius 3 is 1.92 bits per heavy atom. The van der Waals surface area contributed by atoms with Crippen molar-refractivity contribution in [1.29, 1.82) is 0 Å². The van der Waals surface area contributed by atoms with Gasteiger partial charge in [0.1, 0.15) is 6.73 Å². The van der Waals surface area contributed by atoms with Crippen molar-refractivity contribution in [3.8, 4) is 0 Å². The summed E-state index contributed by atoms with van der Waals surface area (Å²) in [5.41, 5.74) is -0.229. The van der Waals surface area contributed by atoms with Gasteiger partial charge in [0.25, 0.3) is 5.91 Å². The van der Waals surface area contributed by atoms with Crippen LogP contribution < -0.4 is 5.32 Å². The van der Waals surface area contributed by atoms with E-state index in [1.165, 1.54) is 0 Å². The Hall–Kier alpha value is -2.44. The van der Waals surface area contributed by atoms with Crippen LogP contribution in [0.5, 0.6) is 0 Å². The summed E-state index contributed by atoms with van der Waals surface area (Å²) in [6, 6.07) is 17.0. The molecule has 0 atom stereocenters. The fourth-order valence-corrected chi connectivity index (χ4v) is 3.08. The van der Waals surface area contributed by atoms with E-state index in [-0.39, 0.29) is 0 Å². The van der Waals surface area contributed by atoms with Crippen molar-refractivity contribution in [1.82, 2.24) is 10.2 Å². The van der Waals surface area contributed by atoms with Gasteiger partial charge in [-0.25, -0.2) is 9.69 Å². The second kappa shape index (κ2) is 6.46. The molecule has 1 aliphatic rings. The molecule has 0 radical (unpaired) electrons. The highest BCUT2D eigenvalue weighted by Gasteiger charge is 2.53. The number of carbonyl (C=O) groups excluding carboxylic acids is 2. The van der Waals surface area contributed by atoms with Gasteiger partial charge in [-0.2, -0.15) is 0 Å². The van der Waals surface area contributed by atoms with Crippen LogP contribution in [0.4, 0.5) is 4.79 Å². The monoisotopic (exact) mass is 360 g/mol. The van der Waals surface area contributed by atoms with Gasteiger partial charge in [-0.05, 0) is 17.4 Å². The quantitative estimate of drug-likeness (QED) is 0.556. The number of rotatable bonds is 5. The van der Waals surface area contributed by atoms with Gasteiger partial charge in [-0.3, -0.25) is 9.32 Å². The smallest absolute Gasteiger partial charge is 0.327 e. The molecule has 2 aromatic carbocycles. The van der Waals surface area contributed by atoms with Crippen molar-refractivity contribution >= 4 is 25.8 Å². The minimum absolute atomic E-state index is 0.566. The number of imide groups is 1. The van der Waals surface area contributed by atoms with Crippen LogP contribution in [0.1, 0.15) is 11.1 Å². The van der Waals surface area contributed by atoms with Crippen molar-refractivity contribution in [3.63, 3.8) is 0 Å². The molecule has 0 aliphatic carbocycles. The third kappa shape index (κ3) is 3.23. The van der Waals surface area contributed by atoms with E-state index in [4.69, 9.17) is 4.52 Å². The van der Waals surface area contributed by atoms with Gasteiger partial charge in [0.05, 0.1) is 0 Å². The van der Waals surface area contributed by atoms with Gasteiger partial charge in [0.2, 0.25) is 7.57 Å². The van der Waals surface area contributed by atoms with E-state index in [2.05, 4.69) is 11.6 Å². The lowest BCUT2D eigenvalue weighted by Gasteiger charge is -2.28. The number of urea groups is 1. The standard InChI is InChI=1S/C17H17N2O5P/c1-25(22,23)24-12-19-15(20)17(18-16(19)21,13-8-4-2-5-9-13)14-10-6-3-7-11-14/h2-11,22-23H,1,12H2,(H,18,21). The first-order valence-corrected chi connectivity index (χ1v) is 9.23. The van der Waals surface area contributed by atoms with Gasteiger partial charge in [0.15, 0.2) is 5.54 Å². The lowest BCUT2D eigenvalue weighted by Crippen LogP contribution is -2.45. The summed E-state index contributed by atoms with van der Waals surface area (Å²) in [4.78, 5) is 44.9. The predicted molar refractivity (Wildman–Crippen MR) is 93.5 cm³/mol. The van der Waals surface area contributed by atoms with Crippen molar-refractivity contribution in [3.05, 3.63) is 71.8 Å². The maximum atomic E-state index is 13.1. The van der Waals surface area contributed by atoms with Gasteiger partial charge < -0.3 is 15.1 Å². The largest absolute Gasteiger partial charge is 0.333 e. The van der Waals surface area contributed by atoms with E-state index in [0.717, 1.165) is 4.90 Å². The second-order valence-electron chi connectivity index (χ2n) is 5.57. The van der Waals surface area contributed by atoms with E-state index in [0.29, 0.717) is 11.1 Å². The van der Waals surface area contributed by atoms with Crippen LogP contribution in [-0.2, 0) is 14.9 Å². The first-order valence-electron chi connectivity index (χ1n) is 7.43. The van der Waals surface area contributed by atoms with Crippen LogP contribution >= 0.6 is 7.57 Å². The lowest BCUT2D eigenvalue weighted by atomic mass is 9.83. The summed E-state index contributed by atoms with van der Waals surface area (Å²) in [6.45, 7) is -0.601. The first kappa shape index (κ1) is 17.4. The molecule has 0 bridgehead atoms. The molecule has 3 rings (SSSR count). The first-order chi connectivity index (χ1) is 11.8. The molecular weight excluding hydrogens is 343 g/mol. The summed E-state index contributed by atoms with van der Waals surface area (Å²) in [5, 5.41) is 2.72. The van der Waals surface area contributed by atoms with Crippen LogP contribution in [0.3, 0.4) is 0 Å². The normalized spacial score (nSPS) is 16.8. The van der Waals surface area contributed by atoms with Crippen LogP contribution in [0.15, 0.2) is 60.7 Å². The summed E-state index contributed by atoms with van der Waals surface area (Å²) < 4.78 is 4.77. The van der Waals surface area contributed by atoms with Crippen LogP contribution in [-0.4, -0.2) is 39.7 Å². The SMILES string of the molecule is C=P(O)(O)OCN1C(=O)NC(c2ccccc2)(c2ccccc2)C1=O. The molecule has 3 N–H and O–H groups in total. The number of nitrogens with zero attached hydrogens (tertiary/aromatic N) is 1.